The SMILES string of the molecule is CCN(CC)CC(=O)Nc1ccc(NC(=O)c2ccc(Br)o2)cc1C. The van der Waals surface area contributed by atoms with E-state index in [1.54, 1.807) is 24.3 Å². The highest BCUT2D eigenvalue weighted by atomic mass is 79.9. The number of hydrogen-bond donors (Lipinski definition) is 2. The van der Waals surface area contributed by atoms with E-state index in [0.29, 0.717) is 16.9 Å². The summed E-state index contributed by atoms with van der Waals surface area (Å²) in [7, 11) is 0. The summed E-state index contributed by atoms with van der Waals surface area (Å²) < 4.78 is 5.73. The highest BCUT2D eigenvalue weighted by Crippen LogP contribution is 2.21. The van der Waals surface area contributed by atoms with Crippen LogP contribution in [0, 0.1) is 6.92 Å². The summed E-state index contributed by atoms with van der Waals surface area (Å²) in [5.74, 6) is -0.159. The first-order valence-corrected chi connectivity index (χ1v) is 8.91. The van der Waals surface area contributed by atoms with E-state index in [0.717, 1.165) is 24.3 Å². The molecular formula is C18H22BrN3O3. The summed E-state index contributed by atoms with van der Waals surface area (Å²) in [5.41, 5.74) is 2.24. The van der Waals surface area contributed by atoms with E-state index >= 15 is 0 Å². The molecule has 0 atom stereocenters. The number of rotatable bonds is 7. The Morgan fingerprint density at radius 3 is 2.40 bits per heavy atom. The maximum Gasteiger partial charge on any atom is 0.291 e. The Labute approximate surface area is 155 Å². The van der Waals surface area contributed by atoms with E-state index in [1.807, 2.05) is 31.7 Å². The van der Waals surface area contributed by atoms with Crippen molar-refractivity contribution < 1.29 is 14.0 Å². The number of furan rings is 1. The number of hydrogen-bond acceptors (Lipinski definition) is 4. The molecule has 1 aromatic carbocycles. The van der Waals surface area contributed by atoms with Gasteiger partial charge in [-0.05, 0) is 71.8 Å². The Balaban J connectivity index is 2.00. The summed E-state index contributed by atoms with van der Waals surface area (Å²) in [5, 5.41) is 5.68. The Bertz CT molecular complexity index is 754. The van der Waals surface area contributed by atoms with Crippen LogP contribution < -0.4 is 10.6 Å². The van der Waals surface area contributed by atoms with E-state index in [-0.39, 0.29) is 17.6 Å². The standard InChI is InChI=1S/C18H22BrN3O3/c1-4-22(5-2)11-17(23)21-14-7-6-13(10-12(14)3)20-18(24)15-8-9-16(19)25-15/h6-10H,4-5,11H2,1-3H3,(H,20,24)(H,21,23). The second-order valence-corrected chi connectivity index (χ2v) is 6.38. The molecule has 134 valence electrons. The van der Waals surface area contributed by atoms with E-state index in [2.05, 4.69) is 26.6 Å². The summed E-state index contributed by atoms with van der Waals surface area (Å²) >= 11 is 3.17. The van der Waals surface area contributed by atoms with Crippen LogP contribution in [0.3, 0.4) is 0 Å². The molecule has 0 aliphatic heterocycles. The monoisotopic (exact) mass is 407 g/mol. The molecule has 1 aromatic heterocycles. The molecule has 0 bridgehead atoms. The second kappa shape index (κ2) is 8.82. The molecule has 0 aliphatic rings. The highest BCUT2D eigenvalue weighted by Gasteiger charge is 2.12. The van der Waals surface area contributed by atoms with Gasteiger partial charge in [0.05, 0.1) is 6.54 Å². The van der Waals surface area contributed by atoms with Gasteiger partial charge in [0.15, 0.2) is 10.4 Å². The molecule has 0 saturated heterocycles. The van der Waals surface area contributed by atoms with E-state index in [4.69, 9.17) is 4.42 Å². The van der Waals surface area contributed by atoms with E-state index in [1.165, 1.54) is 0 Å². The maximum absolute atomic E-state index is 12.1. The lowest BCUT2D eigenvalue weighted by Gasteiger charge is -2.18. The summed E-state index contributed by atoms with van der Waals surface area (Å²) in [4.78, 5) is 26.2. The number of nitrogens with one attached hydrogen (secondary N) is 2. The van der Waals surface area contributed by atoms with Crippen molar-refractivity contribution in [3.63, 3.8) is 0 Å². The zero-order chi connectivity index (χ0) is 18.4. The van der Waals surface area contributed by atoms with Gasteiger partial charge in [-0.25, -0.2) is 0 Å². The fourth-order valence-electron chi connectivity index (χ4n) is 2.35. The lowest BCUT2D eigenvalue weighted by Crippen LogP contribution is -2.33. The van der Waals surface area contributed by atoms with Gasteiger partial charge in [-0.1, -0.05) is 13.8 Å². The lowest BCUT2D eigenvalue weighted by atomic mass is 10.1. The van der Waals surface area contributed by atoms with Gasteiger partial charge < -0.3 is 15.1 Å². The zero-order valence-electron chi connectivity index (χ0n) is 14.6. The molecule has 0 spiro atoms. The second-order valence-electron chi connectivity index (χ2n) is 5.60. The number of nitrogens with zero attached hydrogens (tertiary/aromatic N) is 1. The average Bonchev–Trinajstić information content (AvgIpc) is 3.01. The molecule has 2 N–H and O–H groups in total. The number of anilines is 2. The van der Waals surface area contributed by atoms with Crippen molar-refractivity contribution in [2.45, 2.75) is 20.8 Å². The van der Waals surface area contributed by atoms with Crippen molar-refractivity contribution in [3.05, 3.63) is 46.3 Å². The molecular weight excluding hydrogens is 386 g/mol. The minimum atomic E-state index is -0.330. The number of halogens is 1. The van der Waals surface area contributed by atoms with Gasteiger partial charge in [0, 0.05) is 11.4 Å². The fourth-order valence-corrected chi connectivity index (χ4v) is 2.66. The minimum absolute atomic E-state index is 0.0518. The molecule has 7 heteroatoms. The van der Waals surface area contributed by atoms with Crippen LogP contribution in [0.25, 0.3) is 0 Å². The molecule has 6 nitrogen and oxygen atoms in total. The van der Waals surface area contributed by atoms with Gasteiger partial charge >= 0.3 is 0 Å². The molecule has 2 rings (SSSR count). The van der Waals surface area contributed by atoms with Crippen molar-refractivity contribution in [2.75, 3.05) is 30.3 Å². The molecule has 25 heavy (non-hydrogen) atoms. The van der Waals surface area contributed by atoms with Crippen LogP contribution in [0.15, 0.2) is 39.4 Å². The topological polar surface area (TPSA) is 74.6 Å². The number of carbonyl (C=O) groups excluding carboxylic acids is 2. The quantitative estimate of drug-likeness (QED) is 0.729. The first kappa shape index (κ1) is 19.2. The van der Waals surface area contributed by atoms with Crippen LogP contribution in [0.4, 0.5) is 11.4 Å². The number of likely N-dealkylation sites (N-methyl/N-ethyl adjacent to an activating group) is 1. The van der Waals surface area contributed by atoms with Gasteiger partial charge in [-0.2, -0.15) is 0 Å². The van der Waals surface area contributed by atoms with Crippen LogP contribution >= 0.6 is 15.9 Å². The van der Waals surface area contributed by atoms with E-state index in [9.17, 15) is 9.59 Å². The molecule has 0 aliphatic carbocycles. The van der Waals surface area contributed by atoms with Gasteiger partial charge in [0.2, 0.25) is 5.91 Å². The third kappa shape index (κ3) is 5.44. The average molecular weight is 408 g/mol. The Hall–Kier alpha value is -2.12. The lowest BCUT2D eigenvalue weighted by molar-refractivity contribution is -0.117. The van der Waals surface area contributed by atoms with Crippen molar-refractivity contribution in [1.29, 1.82) is 0 Å². The first-order chi connectivity index (χ1) is 11.9. The molecule has 1 heterocycles. The van der Waals surface area contributed by atoms with Gasteiger partial charge in [-0.3, -0.25) is 14.5 Å². The normalized spacial score (nSPS) is 10.8. The van der Waals surface area contributed by atoms with Gasteiger partial charge in [0.25, 0.3) is 5.91 Å². The minimum Gasteiger partial charge on any atom is -0.444 e. The number of amides is 2. The molecule has 0 fully saturated rings. The molecule has 0 saturated carbocycles. The maximum atomic E-state index is 12.1. The third-order valence-corrected chi connectivity index (χ3v) is 4.24. The zero-order valence-corrected chi connectivity index (χ0v) is 16.1. The Kier molecular flexibility index (Phi) is 6.78. The summed E-state index contributed by atoms with van der Waals surface area (Å²) in [6.45, 7) is 7.95. The van der Waals surface area contributed by atoms with Crippen molar-refractivity contribution in [1.82, 2.24) is 4.90 Å². The highest BCUT2D eigenvalue weighted by molar-refractivity contribution is 9.10. The molecule has 0 radical (unpaired) electrons. The predicted octanol–water partition coefficient (Wildman–Crippen LogP) is 3.88. The summed E-state index contributed by atoms with van der Waals surface area (Å²) in [6.07, 6.45) is 0. The van der Waals surface area contributed by atoms with Crippen molar-refractivity contribution >= 4 is 39.1 Å². The van der Waals surface area contributed by atoms with Crippen molar-refractivity contribution in [2.24, 2.45) is 0 Å². The van der Waals surface area contributed by atoms with E-state index < -0.39 is 0 Å². The van der Waals surface area contributed by atoms with Gasteiger partial charge in [0.1, 0.15) is 0 Å². The smallest absolute Gasteiger partial charge is 0.291 e. The van der Waals surface area contributed by atoms with Crippen LogP contribution in [0.2, 0.25) is 0 Å². The molecule has 0 unspecified atom stereocenters. The molecule has 2 aromatic rings. The van der Waals surface area contributed by atoms with Crippen LogP contribution in [0.1, 0.15) is 30.0 Å². The predicted molar refractivity (Wildman–Crippen MR) is 102 cm³/mol. The third-order valence-electron chi connectivity index (χ3n) is 3.82. The molecule has 2 amide bonds. The largest absolute Gasteiger partial charge is 0.444 e. The first-order valence-electron chi connectivity index (χ1n) is 8.12. The number of carbonyl (C=O) groups is 2. The van der Waals surface area contributed by atoms with Crippen LogP contribution in [-0.4, -0.2) is 36.3 Å². The van der Waals surface area contributed by atoms with Gasteiger partial charge in [-0.15, -0.1) is 0 Å². The van der Waals surface area contributed by atoms with Crippen LogP contribution in [-0.2, 0) is 4.79 Å². The fraction of sp³-hybridized carbons (Fsp3) is 0.333. The Morgan fingerprint density at radius 1 is 1.12 bits per heavy atom. The Morgan fingerprint density at radius 2 is 1.84 bits per heavy atom. The van der Waals surface area contributed by atoms with Crippen LogP contribution in [0.5, 0.6) is 0 Å². The van der Waals surface area contributed by atoms with Crippen molar-refractivity contribution in [3.8, 4) is 0 Å². The summed E-state index contributed by atoms with van der Waals surface area (Å²) in [6, 6.07) is 8.59. The number of aryl methyl sites for hydroxylation is 1. The number of benzene rings is 1.